The summed E-state index contributed by atoms with van der Waals surface area (Å²) in [6, 6.07) is 56.8. The van der Waals surface area contributed by atoms with Crippen LogP contribution in [0.2, 0.25) is 0 Å². The first-order chi connectivity index (χ1) is 24.3. The molecular weight excluding hydrogens is 623 g/mol. The molecule has 0 aliphatic heterocycles. The largest absolute Gasteiger partial charge is 0.310 e. The standard InChI is InChI=1S/C48H37NS/c1-47(2)40-17-9-5-14-34(40)36-24-22-31(28-42(36)47)49(32-23-25-37-35-15-6-10-18-41(35)48(3,4)43(37)29-32)44-19-11-7-13-33(44)30-21-26-46-39(27-30)38-16-8-12-20-45(38)50-46/h5-29H,1-4H3. The van der Waals surface area contributed by atoms with Crippen LogP contribution in [0.5, 0.6) is 0 Å². The van der Waals surface area contributed by atoms with Gasteiger partial charge in [0.15, 0.2) is 0 Å². The highest BCUT2D eigenvalue weighted by atomic mass is 32.1. The number of para-hydroxylation sites is 1. The lowest BCUT2D eigenvalue weighted by molar-refractivity contribution is 0.660. The van der Waals surface area contributed by atoms with Crippen LogP contribution < -0.4 is 4.90 Å². The van der Waals surface area contributed by atoms with Crippen LogP contribution >= 0.6 is 11.3 Å². The summed E-state index contributed by atoms with van der Waals surface area (Å²) in [7, 11) is 0. The Balaban J connectivity index is 1.20. The molecule has 50 heavy (non-hydrogen) atoms. The van der Waals surface area contributed by atoms with E-state index in [4.69, 9.17) is 0 Å². The quantitative estimate of drug-likeness (QED) is 0.182. The molecule has 10 rings (SSSR count). The zero-order valence-corrected chi connectivity index (χ0v) is 29.6. The predicted molar refractivity (Wildman–Crippen MR) is 215 cm³/mol. The third-order valence-electron chi connectivity index (χ3n) is 11.5. The number of benzene rings is 7. The van der Waals surface area contributed by atoms with Gasteiger partial charge in [-0.15, -0.1) is 11.3 Å². The average molecular weight is 660 g/mol. The fourth-order valence-electron chi connectivity index (χ4n) is 8.90. The van der Waals surface area contributed by atoms with Crippen LogP contribution in [0.4, 0.5) is 17.1 Å². The zero-order chi connectivity index (χ0) is 33.8. The van der Waals surface area contributed by atoms with Crippen LogP contribution in [0.25, 0.3) is 53.6 Å². The fourth-order valence-corrected chi connectivity index (χ4v) is 9.98. The molecule has 8 aromatic rings. The second kappa shape index (κ2) is 10.5. The van der Waals surface area contributed by atoms with Crippen molar-refractivity contribution in [3.63, 3.8) is 0 Å². The van der Waals surface area contributed by atoms with Crippen molar-refractivity contribution < 1.29 is 0 Å². The minimum absolute atomic E-state index is 0.0975. The molecule has 0 spiro atoms. The normalized spacial score (nSPS) is 14.7. The third-order valence-corrected chi connectivity index (χ3v) is 12.6. The lowest BCUT2D eigenvalue weighted by Crippen LogP contribution is -2.18. The highest BCUT2D eigenvalue weighted by Gasteiger charge is 2.37. The highest BCUT2D eigenvalue weighted by Crippen LogP contribution is 2.54. The van der Waals surface area contributed by atoms with Gasteiger partial charge in [-0.05, 0) is 98.6 Å². The van der Waals surface area contributed by atoms with Crippen molar-refractivity contribution in [3.8, 4) is 33.4 Å². The zero-order valence-electron chi connectivity index (χ0n) is 28.8. The summed E-state index contributed by atoms with van der Waals surface area (Å²) in [5.41, 5.74) is 16.7. The topological polar surface area (TPSA) is 3.24 Å². The first-order valence-electron chi connectivity index (χ1n) is 17.6. The van der Waals surface area contributed by atoms with Crippen LogP contribution in [0.3, 0.4) is 0 Å². The molecule has 2 aliphatic carbocycles. The Morgan fingerprint density at radius 1 is 0.400 bits per heavy atom. The van der Waals surface area contributed by atoms with E-state index in [-0.39, 0.29) is 10.8 Å². The third kappa shape index (κ3) is 4.12. The summed E-state index contributed by atoms with van der Waals surface area (Å²) in [5.74, 6) is 0. The Bertz CT molecular complexity index is 2560. The number of thiophene rings is 1. The van der Waals surface area contributed by atoms with Gasteiger partial charge in [0.2, 0.25) is 0 Å². The Morgan fingerprint density at radius 3 is 1.54 bits per heavy atom. The monoisotopic (exact) mass is 659 g/mol. The van der Waals surface area contributed by atoms with Gasteiger partial charge in [-0.2, -0.15) is 0 Å². The number of hydrogen-bond donors (Lipinski definition) is 0. The van der Waals surface area contributed by atoms with E-state index in [1.807, 2.05) is 11.3 Å². The fraction of sp³-hybridized carbons (Fsp3) is 0.125. The van der Waals surface area contributed by atoms with E-state index in [9.17, 15) is 0 Å². The number of nitrogens with zero attached hydrogens (tertiary/aromatic N) is 1. The number of rotatable bonds is 4. The Labute approximate surface area is 298 Å². The van der Waals surface area contributed by atoms with Gasteiger partial charge in [0.05, 0.1) is 5.69 Å². The van der Waals surface area contributed by atoms with Crippen molar-refractivity contribution in [1.82, 2.24) is 0 Å². The summed E-state index contributed by atoms with van der Waals surface area (Å²) in [5, 5.41) is 2.64. The van der Waals surface area contributed by atoms with E-state index in [0.29, 0.717) is 0 Å². The summed E-state index contributed by atoms with van der Waals surface area (Å²) in [4.78, 5) is 2.50. The summed E-state index contributed by atoms with van der Waals surface area (Å²) >= 11 is 1.87. The van der Waals surface area contributed by atoms with Crippen LogP contribution in [0.15, 0.2) is 152 Å². The molecule has 2 aliphatic rings. The van der Waals surface area contributed by atoms with E-state index in [1.165, 1.54) is 92.9 Å². The van der Waals surface area contributed by atoms with Gasteiger partial charge in [0.25, 0.3) is 0 Å². The number of fused-ring (bicyclic) bond motifs is 9. The van der Waals surface area contributed by atoms with E-state index in [0.717, 1.165) is 0 Å². The Morgan fingerprint density at radius 2 is 0.900 bits per heavy atom. The SMILES string of the molecule is CC1(C)c2ccccc2-c2ccc(N(c3ccc4c(c3)C(C)(C)c3ccccc3-4)c3ccccc3-c3ccc4sc5ccccc5c4c3)cc21. The molecule has 7 aromatic carbocycles. The molecule has 0 bridgehead atoms. The molecule has 0 amide bonds. The van der Waals surface area contributed by atoms with Crippen LogP contribution in [0.1, 0.15) is 49.9 Å². The minimum atomic E-state index is -0.0975. The second-order valence-electron chi connectivity index (χ2n) is 15.0. The summed E-state index contributed by atoms with van der Waals surface area (Å²) < 4.78 is 2.66. The van der Waals surface area contributed by atoms with Gasteiger partial charge in [0, 0.05) is 47.9 Å². The maximum Gasteiger partial charge on any atom is 0.0540 e. The minimum Gasteiger partial charge on any atom is -0.310 e. The van der Waals surface area contributed by atoms with Crippen LogP contribution in [0, 0.1) is 0 Å². The maximum absolute atomic E-state index is 2.50. The molecule has 240 valence electrons. The van der Waals surface area contributed by atoms with E-state index < -0.39 is 0 Å². The molecule has 0 saturated heterocycles. The van der Waals surface area contributed by atoms with Crippen molar-refractivity contribution in [3.05, 3.63) is 174 Å². The van der Waals surface area contributed by atoms with Crippen molar-refractivity contribution in [2.45, 2.75) is 38.5 Å². The molecule has 0 atom stereocenters. The highest BCUT2D eigenvalue weighted by molar-refractivity contribution is 7.25. The molecule has 0 N–H and O–H groups in total. The van der Waals surface area contributed by atoms with Crippen molar-refractivity contribution in [2.24, 2.45) is 0 Å². The molecule has 1 heterocycles. The Kier molecular flexibility index (Phi) is 6.21. The van der Waals surface area contributed by atoms with Gasteiger partial charge in [-0.3, -0.25) is 0 Å². The number of hydrogen-bond acceptors (Lipinski definition) is 2. The summed E-state index contributed by atoms with van der Waals surface area (Å²) in [6.07, 6.45) is 0. The number of anilines is 3. The van der Waals surface area contributed by atoms with E-state index in [2.05, 4.69) is 184 Å². The molecular formula is C48H37NS. The van der Waals surface area contributed by atoms with Gasteiger partial charge in [0.1, 0.15) is 0 Å². The maximum atomic E-state index is 2.50. The van der Waals surface area contributed by atoms with Gasteiger partial charge in [-0.1, -0.05) is 131 Å². The van der Waals surface area contributed by atoms with E-state index >= 15 is 0 Å². The van der Waals surface area contributed by atoms with Crippen molar-refractivity contribution >= 4 is 48.6 Å². The van der Waals surface area contributed by atoms with Crippen LogP contribution in [-0.4, -0.2) is 0 Å². The molecule has 1 aromatic heterocycles. The summed E-state index contributed by atoms with van der Waals surface area (Å²) in [6.45, 7) is 9.48. The molecule has 2 heteroatoms. The predicted octanol–water partition coefficient (Wildman–Crippen LogP) is 13.8. The average Bonchev–Trinajstić information content (AvgIpc) is 3.71. The molecule has 0 radical (unpaired) electrons. The smallest absolute Gasteiger partial charge is 0.0540 e. The molecule has 1 nitrogen and oxygen atoms in total. The lowest BCUT2D eigenvalue weighted by atomic mass is 9.82. The Hall–Kier alpha value is -5.44. The molecule has 0 saturated carbocycles. The van der Waals surface area contributed by atoms with Crippen molar-refractivity contribution in [2.75, 3.05) is 4.90 Å². The van der Waals surface area contributed by atoms with Gasteiger partial charge < -0.3 is 4.90 Å². The van der Waals surface area contributed by atoms with Crippen LogP contribution in [-0.2, 0) is 10.8 Å². The second-order valence-corrected chi connectivity index (χ2v) is 16.0. The van der Waals surface area contributed by atoms with Crippen molar-refractivity contribution in [1.29, 1.82) is 0 Å². The molecule has 0 fully saturated rings. The first kappa shape index (κ1) is 29.5. The lowest BCUT2D eigenvalue weighted by Gasteiger charge is -2.31. The van der Waals surface area contributed by atoms with Gasteiger partial charge in [-0.25, -0.2) is 0 Å². The molecule has 0 unspecified atom stereocenters. The first-order valence-corrected chi connectivity index (χ1v) is 18.4. The van der Waals surface area contributed by atoms with Gasteiger partial charge >= 0.3 is 0 Å². The van der Waals surface area contributed by atoms with E-state index in [1.54, 1.807) is 0 Å².